The predicted molar refractivity (Wildman–Crippen MR) is 96.2 cm³/mol. The lowest BCUT2D eigenvalue weighted by atomic mass is 10.2. The van der Waals surface area contributed by atoms with Crippen molar-refractivity contribution in [1.29, 1.82) is 0 Å². The SMILES string of the molecule is Cc1cc(C)n(CC(C)NC(=O)C(=O)Nc2cccc3[nH]ccc23)n1. The van der Waals surface area contributed by atoms with E-state index in [4.69, 9.17) is 0 Å². The number of hydrogen-bond donors (Lipinski definition) is 3. The predicted octanol–water partition coefficient (Wildman–Crippen LogP) is 2.12. The normalized spacial score (nSPS) is 12.1. The summed E-state index contributed by atoms with van der Waals surface area (Å²) in [5, 5.41) is 10.6. The fraction of sp³-hybridized carbons (Fsp3) is 0.278. The van der Waals surface area contributed by atoms with Crippen molar-refractivity contribution >= 4 is 28.4 Å². The average Bonchev–Trinajstić information content (AvgIpc) is 3.14. The van der Waals surface area contributed by atoms with E-state index in [0.29, 0.717) is 12.2 Å². The number of aryl methyl sites for hydroxylation is 2. The van der Waals surface area contributed by atoms with Crippen LogP contribution in [-0.4, -0.2) is 32.6 Å². The number of amides is 2. The molecule has 0 fully saturated rings. The zero-order valence-corrected chi connectivity index (χ0v) is 14.5. The van der Waals surface area contributed by atoms with Gasteiger partial charge in [0.05, 0.1) is 17.9 Å². The van der Waals surface area contributed by atoms with Gasteiger partial charge in [0.25, 0.3) is 0 Å². The molecule has 1 aromatic carbocycles. The lowest BCUT2D eigenvalue weighted by Crippen LogP contribution is -2.42. The molecule has 0 bridgehead atoms. The van der Waals surface area contributed by atoms with Crippen molar-refractivity contribution in [2.24, 2.45) is 0 Å². The highest BCUT2D eigenvalue weighted by atomic mass is 16.2. The minimum absolute atomic E-state index is 0.223. The maximum absolute atomic E-state index is 12.2. The second-order valence-electron chi connectivity index (χ2n) is 6.18. The van der Waals surface area contributed by atoms with Crippen molar-refractivity contribution in [2.75, 3.05) is 5.32 Å². The second kappa shape index (κ2) is 6.80. The first-order chi connectivity index (χ1) is 11.9. The summed E-state index contributed by atoms with van der Waals surface area (Å²) in [6.07, 6.45) is 1.79. The number of hydrogen-bond acceptors (Lipinski definition) is 3. The van der Waals surface area contributed by atoms with Gasteiger partial charge in [-0.05, 0) is 45.0 Å². The van der Waals surface area contributed by atoms with E-state index in [1.54, 1.807) is 12.3 Å². The topological polar surface area (TPSA) is 91.8 Å². The minimum atomic E-state index is -0.686. The van der Waals surface area contributed by atoms with Gasteiger partial charge < -0.3 is 15.6 Å². The third kappa shape index (κ3) is 3.71. The fourth-order valence-electron chi connectivity index (χ4n) is 2.83. The minimum Gasteiger partial charge on any atom is -0.361 e. The van der Waals surface area contributed by atoms with Crippen LogP contribution in [0.15, 0.2) is 36.5 Å². The molecular formula is C18H21N5O2. The fourth-order valence-corrected chi connectivity index (χ4v) is 2.83. The van der Waals surface area contributed by atoms with Gasteiger partial charge in [0.1, 0.15) is 0 Å². The first-order valence-corrected chi connectivity index (χ1v) is 8.13. The second-order valence-corrected chi connectivity index (χ2v) is 6.18. The Morgan fingerprint density at radius 2 is 2.04 bits per heavy atom. The van der Waals surface area contributed by atoms with Crippen molar-refractivity contribution in [1.82, 2.24) is 20.1 Å². The number of carbonyl (C=O) groups is 2. The molecule has 2 aromatic heterocycles. The Morgan fingerprint density at radius 1 is 1.24 bits per heavy atom. The number of H-pyrrole nitrogens is 1. The highest BCUT2D eigenvalue weighted by molar-refractivity contribution is 6.40. The van der Waals surface area contributed by atoms with Gasteiger partial charge in [-0.3, -0.25) is 14.3 Å². The molecule has 0 aliphatic heterocycles. The Balaban J connectivity index is 1.61. The van der Waals surface area contributed by atoms with E-state index in [1.165, 1.54) is 0 Å². The van der Waals surface area contributed by atoms with E-state index < -0.39 is 11.8 Å². The Bertz CT molecular complexity index is 925. The number of anilines is 1. The molecule has 0 saturated carbocycles. The van der Waals surface area contributed by atoms with Crippen LogP contribution in [0.5, 0.6) is 0 Å². The third-order valence-electron chi connectivity index (χ3n) is 3.98. The molecule has 0 saturated heterocycles. The van der Waals surface area contributed by atoms with Gasteiger partial charge in [-0.1, -0.05) is 6.07 Å². The van der Waals surface area contributed by atoms with Crippen molar-refractivity contribution in [3.8, 4) is 0 Å². The van der Waals surface area contributed by atoms with E-state index in [9.17, 15) is 9.59 Å². The molecule has 3 aromatic rings. The quantitative estimate of drug-likeness (QED) is 0.636. The Hall–Kier alpha value is -3.09. The number of aromatic nitrogens is 3. The molecule has 1 atom stereocenters. The molecule has 130 valence electrons. The Kier molecular flexibility index (Phi) is 4.56. The number of aromatic amines is 1. The average molecular weight is 339 g/mol. The van der Waals surface area contributed by atoms with Gasteiger partial charge in [0.2, 0.25) is 0 Å². The molecule has 1 unspecified atom stereocenters. The van der Waals surface area contributed by atoms with Crippen LogP contribution in [0.3, 0.4) is 0 Å². The van der Waals surface area contributed by atoms with Gasteiger partial charge >= 0.3 is 11.8 Å². The summed E-state index contributed by atoms with van der Waals surface area (Å²) in [5.41, 5.74) is 3.44. The summed E-state index contributed by atoms with van der Waals surface area (Å²) in [6, 6.07) is 9.09. The van der Waals surface area contributed by atoms with Crippen molar-refractivity contribution in [3.63, 3.8) is 0 Å². The molecule has 25 heavy (non-hydrogen) atoms. The van der Waals surface area contributed by atoms with E-state index in [2.05, 4.69) is 20.7 Å². The molecule has 2 heterocycles. The number of rotatable bonds is 4. The molecule has 0 spiro atoms. The summed E-state index contributed by atoms with van der Waals surface area (Å²) >= 11 is 0. The molecule has 3 N–H and O–H groups in total. The molecule has 0 aliphatic carbocycles. The largest absolute Gasteiger partial charge is 0.361 e. The summed E-state index contributed by atoms with van der Waals surface area (Å²) in [5.74, 6) is -1.35. The molecule has 3 rings (SSSR count). The first kappa shape index (κ1) is 16.8. The molecule has 7 nitrogen and oxygen atoms in total. The lowest BCUT2D eigenvalue weighted by Gasteiger charge is -2.15. The van der Waals surface area contributed by atoms with Gasteiger partial charge in [-0.2, -0.15) is 5.10 Å². The highest BCUT2D eigenvalue weighted by Gasteiger charge is 2.18. The van der Waals surface area contributed by atoms with Gasteiger partial charge in [-0.25, -0.2) is 0 Å². The Labute approximate surface area is 145 Å². The first-order valence-electron chi connectivity index (χ1n) is 8.13. The van der Waals surface area contributed by atoms with Crippen molar-refractivity contribution < 1.29 is 9.59 Å². The molecule has 2 amide bonds. The monoisotopic (exact) mass is 339 g/mol. The number of nitrogens with zero attached hydrogens (tertiary/aromatic N) is 2. The zero-order chi connectivity index (χ0) is 18.0. The van der Waals surface area contributed by atoms with Crippen LogP contribution in [0.25, 0.3) is 10.9 Å². The van der Waals surface area contributed by atoms with Crippen LogP contribution in [-0.2, 0) is 16.1 Å². The third-order valence-corrected chi connectivity index (χ3v) is 3.98. The standard InChI is InChI=1S/C18H21N5O2/c1-11-9-13(3)23(22-11)10-12(2)20-17(24)18(25)21-16-6-4-5-15-14(16)7-8-19-15/h4-9,12,19H,10H2,1-3H3,(H,20,24)(H,21,25). The molecular weight excluding hydrogens is 318 g/mol. The van der Waals surface area contributed by atoms with Crippen LogP contribution in [0.2, 0.25) is 0 Å². The van der Waals surface area contributed by atoms with E-state index in [0.717, 1.165) is 22.3 Å². The van der Waals surface area contributed by atoms with Gasteiger partial charge in [0, 0.05) is 28.8 Å². The number of nitrogens with one attached hydrogen (secondary N) is 3. The van der Waals surface area contributed by atoms with E-state index in [1.807, 2.05) is 49.7 Å². The van der Waals surface area contributed by atoms with Crippen LogP contribution >= 0.6 is 0 Å². The van der Waals surface area contributed by atoms with Crippen molar-refractivity contribution in [3.05, 3.63) is 47.9 Å². The maximum Gasteiger partial charge on any atom is 0.313 e. The molecule has 0 aliphatic rings. The number of fused-ring (bicyclic) bond motifs is 1. The number of benzene rings is 1. The lowest BCUT2D eigenvalue weighted by molar-refractivity contribution is -0.136. The van der Waals surface area contributed by atoms with Gasteiger partial charge in [-0.15, -0.1) is 0 Å². The smallest absolute Gasteiger partial charge is 0.313 e. The van der Waals surface area contributed by atoms with E-state index >= 15 is 0 Å². The zero-order valence-electron chi connectivity index (χ0n) is 14.5. The molecule has 7 heteroatoms. The van der Waals surface area contributed by atoms with Crippen molar-refractivity contribution in [2.45, 2.75) is 33.4 Å². The summed E-state index contributed by atoms with van der Waals surface area (Å²) in [7, 11) is 0. The molecule has 0 radical (unpaired) electrons. The summed E-state index contributed by atoms with van der Waals surface area (Å²) in [6.45, 7) is 6.22. The Morgan fingerprint density at radius 3 is 2.76 bits per heavy atom. The van der Waals surface area contributed by atoms with Crippen LogP contribution in [0.1, 0.15) is 18.3 Å². The highest BCUT2D eigenvalue weighted by Crippen LogP contribution is 2.21. The summed E-state index contributed by atoms with van der Waals surface area (Å²) in [4.78, 5) is 27.4. The van der Waals surface area contributed by atoms with Crippen LogP contribution in [0, 0.1) is 13.8 Å². The van der Waals surface area contributed by atoms with Crippen LogP contribution < -0.4 is 10.6 Å². The van der Waals surface area contributed by atoms with E-state index in [-0.39, 0.29) is 6.04 Å². The van der Waals surface area contributed by atoms with Crippen LogP contribution in [0.4, 0.5) is 5.69 Å². The van der Waals surface area contributed by atoms with Gasteiger partial charge in [0.15, 0.2) is 0 Å². The summed E-state index contributed by atoms with van der Waals surface area (Å²) < 4.78 is 1.82. The number of carbonyl (C=O) groups excluding carboxylic acids is 2. The maximum atomic E-state index is 12.2.